The third-order valence-electron chi connectivity index (χ3n) is 3.61. The summed E-state index contributed by atoms with van der Waals surface area (Å²) in [4.78, 5) is 31.8. The van der Waals surface area contributed by atoms with Crippen molar-refractivity contribution in [1.29, 1.82) is 0 Å². The molecule has 2 rings (SSSR count). The number of halogens is 2. The van der Waals surface area contributed by atoms with Gasteiger partial charge in [0.05, 0.1) is 11.1 Å². The first kappa shape index (κ1) is 20.5. The molecule has 2 aromatic rings. The van der Waals surface area contributed by atoms with E-state index in [0.29, 0.717) is 24.2 Å². The largest absolute Gasteiger partial charge is 0.352 e. The zero-order valence-electron chi connectivity index (χ0n) is 14.2. The normalized spacial score (nSPS) is 10.4. The van der Waals surface area contributed by atoms with E-state index in [9.17, 15) is 9.59 Å². The van der Waals surface area contributed by atoms with E-state index in [-0.39, 0.29) is 11.8 Å². The molecule has 26 heavy (non-hydrogen) atoms. The SMILES string of the molecule is O=C(NCCCCCCNC(=O)c1cncc(Br)c1)c1cncc(Br)c1. The number of pyridine rings is 2. The fraction of sp³-hybridized carbons (Fsp3) is 0.333. The third kappa shape index (κ3) is 7.21. The van der Waals surface area contributed by atoms with Gasteiger partial charge in [0.1, 0.15) is 0 Å². The van der Waals surface area contributed by atoms with Crippen LogP contribution < -0.4 is 10.6 Å². The number of amides is 2. The molecule has 8 heteroatoms. The molecule has 0 unspecified atom stereocenters. The first-order chi connectivity index (χ1) is 12.6. The summed E-state index contributed by atoms with van der Waals surface area (Å²) in [5.74, 6) is -0.234. The molecule has 0 saturated carbocycles. The number of hydrogen-bond donors (Lipinski definition) is 2. The van der Waals surface area contributed by atoms with E-state index < -0.39 is 0 Å². The second-order valence-electron chi connectivity index (χ2n) is 5.71. The van der Waals surface area contributed by atoms with Gasteiger partial charge in [0.2, 0.25) is 0 Å². The molecule has 2 amide bonds. The molecular formula is C18H20Br2N4O2. The summed E-state index contributed by atoms with van der Waals surface area (Å²) in [5, 5.41) is 5.76. The van der Waals surface area contributed by atoms with Crippen LogP contribution in [-0.4, -0.2) is 34.9 Å². The van der Waals surface area contributed by atoms with Crippen LogP contribution in [0.1, 0.15) is 46.4 Å². The van der Waals surface area contributed by atoms with Crippen LogP contribution in [0.4, 0.5) is 0 Å². The minimum Gasteiger partial charge on any atom is -0.352 e. The Balaban J connectivity index is 1.53. The summed E-state index contributed by atoms with van der Waals surface area (Å²) in [5.41, 5.74) is 1.09. The highest BCUT2D eigenvalue weighted by atomic mass is 79.9. The van der Waals surface area contributed by atoms with E-state index in [1.807, 2.05) is 0 Å². The van der Waals surface area contributed by atoms with Crippen molar-refractivity contribution in [3.63, 3.8) is 0 Å². The van der Waals surface area contributed by atoms with E-state index in [1.165, 1.54) is 0 Å². The number of nitrogens with zero attached hydrogens (tertiary/aromatic N) is 2. The molecule has 2 heterocycles. The van der Waals surface area contributed by atoms with Crippen molar-refractivity contribution in [2.75, 3.05) is 13.1 Å². The van der Waals surface area contributed by atoms with E-state index >= 15 is 0 Å². The van der Waals surface area contributed by atoms with Gasteiger partial charge in [0.25, 0.3) is 11.8 Å². The van der Waals surface area contributed by atoms with Crippen LogP contribution in [0, 0.1) is 0 Å². The molecule has 0 bridgehead atoms. The van der Waals surface area contributed by atoms with Gasteiger partial charge in [-0.25, -0.2) is 0 Å². The molecule has 0 aliphatic carbocycles. The van der Waals surface area contributed by atoms with Crippen molar-refractivity contribution in [2.24, 2.45) is 0 Å². The predicted molar refractivity (Wildman–Crippen MR) is 107 cm³/mol. The Morgan fingerprint density at radius 1 is 0.731 bits per heavy atom. The minimum absolute atomic E-state index is 0.117. The van der Waals surface area contributed by atoms with E-state index in [0.717, 1.165) is 34.6 Å². The van der Waals surface area contributed by atoms with Gasteiger partial charge in [-0.3, -0.25) is 19.6 Å². The van der Waals surface area contributed by atoms with Gasteiger partial charge < -0.3 is 10.6 Å². The molecule has 0 aliphatic rings. The van der Waals surface area contributed by atoms with Crippen molar-refractivity contribution < 1.29 is 9.59 Å². The quantitative estimate of drug-likeness (QED) is 0.532. The van der Waals surface area contributed by atoms with Crippen molar-refractivity contribution in [3.05, 3.63) is 57.0 Å². The molecule has 0 spiro atoms. The van der Waals surface area contributed by atoms with Crippen LogP contribution in [-0.2, 0) is 0 Å². The van der Waals surface area contributed by atoms with Crippen molar-refractivity contribution >= 4 is 43.7 Å². The number of aromatic nitrogens is 2. The Morgan fingerprint density at radius 3 is 1.54 bits per heavy atom. The van der Waals surface area contributed by atoms with Crippen molar-refractivity contribution in [2.45, 2.75) is 25.7 Å². The number of nitrogens with one attached hydrogen (secondary N) is 2. The van der Waals surface area contributed by atoms with Gasteiger partial charge in [-0.05, 0) is 56.8 Å². The maximum absolute atomic E-state index is 11.9. The van der Waals surface area contributed by atoms with E-state index in [1.54, 1.807) is 36.9 Å². The topological polar surface area (TPSA) is 84.0 Å². The number of rotatable bonds is 9. The number of carbonyl (C=O) groups excluding carboxylic acids is 2. The van der Waals surface area contributed by atoms with Gasteiger partial charge in [-0.1, -0.05) is 12.8 Å². The van der Waals surface area contributed by atoms with Gasteiger partial charge in [0, 0.05) is 46.8 Å². The molecule has 0 radical (unpaired) electrons. The monoisotopic (exact) mass is 482 g/mol. The van der Waals surface area contributed by atoms with E-state index in [4.69, 9.17) is 0 Å². The lowest BCUT2D eigenvalue weighted by Crippen LogP contribution is -2.25. The average molecular weight is 484 g/mol. The summed E-state index contributed by atoms with van der Waals surface area (Å²) < 4.78 is 1.57. The maximum atomic E-state index is 11.9. The first-order valence-electron chi connectivity index (χ1n) is 8.34. The maximum Gasteiger partial charge on any atom is 0.252 e. The molecule has 2 N–H and O–H groups in total. The standard InChI is InChI=1S/C18H20Br2N4O2/c19-15-7-13(9-21-11-15)17(25)23-5-3-1-2-4-6-24-18(26)14-8-16(20)12-22-10-14/h7-12H,1-6H2,(H,23,25)(H,24,26). The second kappa shape index (κ2) is 11.0. The van der Waals surface area contributed by atoms with Gasteiger partial charge in [-0.15, -0.1) is 0 Å². The van der Waals surface area contributed by atoms with Crippen LogP contribution in [0.2, 0.25) is 0 Å². The summed E-state index contributed by atoms with van der Waals surface area (Å²) >= 11 is 6.60. The molecule has 0 saturated heterocycles. The summed E-state index contributed by atoms with van der Waals surface area (Å²) in [7, 11) is 0. The lowest BCUT2D eigenvalue weighted by Gasteiger charge is -2.07. The average Bonchev–Trinajstić information content (AvgIpc) is 2.63. The number of unbranched alkanes of at least 4 members (excludes halogenated alkanes) is 3. The molecule has 2 aromatic heterocycles. The van der Waals surface area contributed by atoms with Crippen LogP contribution in [0.15, 0.2) is 45.9 Å². The molecule has 6 nitrogen and oxygen atoms in total. The zero-order valence-corrected chi connectivity index (χ0v) is 17.3. The predicted octanol–water partition coefficient (Wildman–Crippen LogP) is 3.72. The fourth-order valence-corrected chi connectivity index (χ4v) is 3.01. The van der Waals surface area contributed by atoms with E-state index in [2.05, 4.69) is 52.5 Å². The third-order valence-corrected chi connectivity index (χ3v) is 4.48. The fourth-order valence-electron chi connectivity index (χ4n) is 2.28. The smallest absolute Gasteiger partial charge is 0.252 e. The van der Waals surface area contributed by atoms with Crippen LogP contribution in [0.5, 0.6) is 0 Å². The Labute approximate surface area is 169 Å². The lowest BCUT2D eigenvalue weighted by atomic mass is 10.2. The number of carbonyl (C=O) groups is 2. The van der Waals surface area contributed by atoms with Gasteiger partial charge in [-0.2, -0.15) is 0 Å². The summed E-state index contributed by atoms with van der Waals surface area (Å²) in [6, 6.07) is 3.48. The lowest BCUT2D eigenvalue weighted by molar-refractivity contribution is 0.0942. The molecule has 0 aliphatic heterocycles. The molecule has 0 atom stereocenters. The first-order valence-corrected chi connectivity index (χ1v) is 9.92. The highest BCUT2D eigenvalue weighted by Crippen LogP contribution is 2.10. The Bertz CT molecular complexity index is 692. The van der Waals surface area contributed by atoms with Crippen LogP contribution in [0.25, 0.3) is 0 Å². The Kier molecular flexibility index (Phi) is 8.70. The summed E-state index contributed by atoms with van der Waals surface area (Å²) in [6.07, 6.45) is 10.2. The minimum atomic E-state index is -0.117. The highest BCUT2D eigenvalue weighted by Gasteiger charge is 2.06. The molecule has 0 fully saturated rings. The zero-order chi connectivity index (χ0) is 18.8. The van der Waals surface area contributed by atoms with Crippen molar-refractivity contribution in [3.8, 4) is 0 Å². The highest BCUT2D eigenvalue weighted by molar-refractivity contribution is 9.10. The van der Waals surface area contributed by atoms with Crippen LogP contribution >= 0.6 is 31.9 Å². The second-order valence-corrected chi connectivity index (χ2v) is 7.54. The van der Waals surface area contributed by atoms with Gasteiger partial charge >= 0.3 is 0 Å². The number of hydrogen-bond acceptors (Lipinski definition) is 4. The Hall–Kier alpha value is -1.80. The molecule has 138 valence electrons. The summed E-state index contributed by atoms with van der Waals surface area (Å²) in [6.45, 7) is 1.25. The van der Waals surface area contributed by atoms with Crippen LogP contribution in [0.3, 0.4) is 0 Å². The Morgan fingerprint density at radius 2 is 1.15 bits per heavy atom. The van der Waals surface area contributed by atoms with Gasteiger partial charge in [0.15, 0.2) is 0 Å². The molecule has 0 aromatic carbocycles. The van der Waals surface area contributed by atoms with Crippen molar-refractivity contribution in [1.82, 2.24) is 20.6 Å². The molecular weight excluding hydrogens is 464 g/mol.